The van der Waals surface area contributed by atoms with Crippen molar-refractivity contribution in [2.45, 2.75) is 78.1 Å². The predicted molar refractivity (Wildman–Crippen MR) is 118 cm³/mol. The zero-order valence-corrected chi connectivity index (χ0v) is 19.2. The van der Waals surface area contributed by atoms with Crippen LogP contribution in [0.5, 0.6) is 11.5 Å². The van der Waals surface area contributed by atoms with E-state index in [1.807, 2.05) is 13.0 Å². The lowest BCUT2D eigenvalue weighted by atomic mass is 9.69. The zero-order chi connectivity index (χ0) is 23.1. The molecule has 3 nitrogen and oxygen atoms in total. The van der Waals surface area contributed by atoms with Crippen molar-refractivity contribution in [2.24, 2.45) is 23.7 Å². The molecule has 178 valence electrons. The maximum Gasteiger partial charge on any atom is 0.314 e. The Kier molecular flexibility index (Phi) is 9.06. The van der Waals surface area contributed by atoms with Crippen molar-refractivity contribution in [2.75, 3.05) is 6.61 Å². The van der Waals surface area contributed by atoms with Crippen LogP contribution in [0.25, 0.3) is 0 Å². The highest BCUT2D eigenvalue weighted by Crippen LogP contribution is 2.42. The molecular formula is C26H35F3O3. The van der Waals surface area contributed by atoms with Gasteiger partial charge in [0, 0.05) is 0 Å². The maximum atomic E-state index is 14.2. The molecule has 2 aliphatic rings. The summed E-state index contributed by atoms with van der Waals surface area (Å²) in [5.74, 6) is -2.11. The number of halogens is 3. The number of rotatable bonds is 8. The van der Waals surface area contributed by atoms with Gasteiger partial charge in [0.25, 0.3) is 0 Å². The highest BCUT2D eigenvalue weighted by atomic mass is 19.2. The van der Waals surface area contributed by atoms with Gasteiger partial charge < -0.3 is 9.47 Å². The van der Waals surface area contributed by atoms with Crippen LogP contribution in [0.4, 0.5) is 13.2 Å². The minimum Gasteiger partial charge on any atom is -0.491 e. The van der Waals surface area contributed by atoms with E-state index in [-0.39, 0.29) is 29.9 Å². The number of benzene rings is 1. The summed E-state index contributed by atoms with van der Waals surface area (Å²) in [6.45, 7) is 3.88. The molecule has 1 aromatic carbocycles. The third-order valence-corrected chi connectivity index (χ3v) is 7.02. The smallest absolute Gasteiger partial charge is 0.314 e. The van der Waals surface area contributed by atoms with Crippen LogP contribution < -0.4 is 9.47 Å². The number of hydrogen-bond acceptors (Lipinski definition) is 3. The predicted octanol–water partition coefficient (Wildman–Crippen LogP) is 7.54. The molecule has 0 atom stereocenters. The summed E-state index contributed by atoms with van der Waals surface area (Å²) in [4.78, 5) is 12.5. The van der Waals surface area contributed by atoms with Gasteiger partial charge >= 0.3 is 5.97 Å². The first-order valence-electron chi connectivity index (χ1n) is 12.1. The summed E-state index contributed by atoms with van der Waals surface area (Å²) in [6.07, 6.45) is 10.8. The van der Waals surface area contributed by atoms with Crippen LogP contribution in [0.15, 0.2) is 24.0 Å². The van der Waals surface area contributed by atoms with Gasteiger partial charge in [-0.1, -0.05) is 6.92 Å². The molecule has 0 unspecified atom stereocenters. The van der Waals surface area contributed by atoms with Crippen LogP contribution in [0.2, 0.25) is 0 Å². The molecule has 0 saturated heterocycles. The van der Waals surface area contributed by atoms with E-state index in [0.29, 0.717) is 37.0 Å². The Bertz CT molecular complexity index is 792. The summed E-state index contributed by atoms with van der Waals surface area (Å²) in [5.41, 5.74) is 0. The van der Waals surface area contributed by atoms with Crippen LogP contribution in [-0.2, 0) is 4.79 Å². The molecule has 2 aliphatic carbocycles. The maximum absolute atomic E-state index is 14.2. The Morgan fingerprint density at radius 3 is 2.09 bits per heavy atom. The Morgan fingerprint density at radius 1 is 0.938 bits per heavy atom. The normalized spacial score (nSPS) is 26.6. The zero-order valence-electron chi connectivity index (χ0n) is 19.2. The number of carbonyl (C=O) groups excluding carboxylic acids is 1. The van der Waals surface area contributed by atoms with Crippen molar-refractivity contribution < 1.29 is 27.4 Å². The Labute approximate surface area is 189 Å². The van der Waals surface area contributed by atoms with Crippen molar-refractivity contribution in [3.8, 4) is 11.5 Å². The monoisotopic (exact) mass is 452 g/mol. The molecule has 32 heavy (non-hydrogen) atoms. The topological polar surface area (TPSA) is 35.5 Å². The molecule has 6 heteroatoms. The number of carbonyl (C=O) groups is 1. The van der Waals surface area contributed by atoms with E-state index in [9.17, 15) is 18.0 Å². The van der Waals surface area contributed by atoms with Gasteiger partial charge in [-0.3, -0.25) is 4.79 Å². The molecule has 1 aromatic rings. The lowest BCUT2D eigenvalue weighted by Crippen LogP contribution is -2.30. The Hall–Kier alpha value is -1.98. The second-order valence-corrected chi connectivity index (χ2v) is 9.19. The van der Waals surface area contributed by atoms with E-state index in [0.717, 1.165) is 44.9 Å². The first-order chi connectivity index (χ1) is 15.4. The van der Waals surface area contributed by atoms with Crippen molar-refractivity contribution in [3.05, 3.63) is 35.7 Å². The van der Waals surface area contributed by atoms with Crippen molar-refractivity contribution >= 4 is 5.97 Å². The SMILES string of the molecule is CCC/C(F)=C/C1CCC(C2CCC(C(=O)Oc3ccc(OCC)c(F)c3F)CC2)CC1. The lowest BCUT2D eigenvalue weighted by Gasteiger charge is -2.36. The molecule has 3 rings (SSSR count). The number of ether oxygens (including phenoxy) is 2. The highest BCUT2D eigenvalue weighted by molar-refractivity contribution is 5.75. The number of allylic oxidation sites excluding steroid dienone is 2. The van der Waals surface area contributed by atoms with Gasteiger partial charge in [0.05, 0.1) is 18.4 Å². The summed E-state index contributed by atoms with van der Waals surface area (Å²) in [6, 6.07) is 2.52. The third kappa shape index (κ3) is 6.29. The molecular weight excluding hydrogens is 417 g/mol. The molecule has 0 aliphatic heterocycles. The quantitative estimate of drug-likeness (QED) is 0.302. The minimum atomic E-state index is -1.20. The fourth-order valence-electron chi connectivity index (χ4n) is 5.24. The van der Waals surface area contributed by atoms with E-state index >= 15 is 0 Å². The Balaban J connectivity index is 1.46. The van der Waals surface area contributed by atoms with Crippen LogP contribution in [0, 0.1) is 35.3 Å². The molecule has 0 aromatic heterocycles. The van der Waals surface area contributed by atoms with Crippen LogP contribution in [0.3, 0.4) is 0 Å². The average molecular weight is 453 g/mol. The molecule has 0 heterocycles. The molecule has 0 radical (unpaired) electrons. The van der Waals surface area contributed by atoms with E-state index < -0.39 is 17.6 Å². The minimum absolute atomic E-state index is 0.0267. The van der Waals surface area contributed by atoms with E-state index in [2.05, 4.69) is 0 Å². The fourth-order valence-corrected chi connectivity index (χ4v) is 5.24. The van der Waals surface area contributed by atoms with E-state index in [4.69, 9.17) is 9.47 Å². The van der Waals surface area contributed by atoms with Gasteiger partial charge in [-0.2, -0.15) is 8.78 Å². The second kappa shape index (κ2) is 11.8. The second-order valence-electron chi connectivity index (χ2n) is 9.19. The molecule has 2 saturated carbocycles. The summed E-state index contributed by atoms with van der Waals surface area (Å²) < 4.78 is 52.2. The number of hydrogen-bond donors (Lipinski definition) is 0. The fraction of sp³-hybridized carbons (Fsp3) is 0.654. The van der Waals surface area contributed by atoms with Gasteiger partial charge in [-0.25, -0.2) is 4.39 Å². The van der Waals surface area contributed by atoms with Gasteiger partial charge in [0.1, 0.15) is 0 Å². The summed E-state index contributed by atoms with van der Waals surface area (Å²) in [7, 11) is 0. The molecule has 0 amide bonds. The first kappa shape index (κ1) is 24.7. The molecule has 2 fully saturated rings. The lowest BCUT2D eigenvalue weighted by molar-refractivity contribution is -0.140. The number of esters is 1. The molecule has 0 N–H and O–H groups in total. The van der Waals surface area contributed by atoms with Crippen LogP contribution in [-0.4, -0.2) is 12.6 Å². The third-order valence-electron chi connectivity index (χ3n) is 7.02. The van der Waals surface area contributed by atoms with Gasteiger partial charge in [-0.15, -0.1) is 0 Å². The highest BCUT2D eigenvalue weighted by Gasteiger charge is 2.34. The average Bonchev–Trinajstić information content (AvgIpc) is 2.79. The first-order valence-corrected chi connectivity index (χ1v) is 12.1. The summed E-state index contributed by atoms with van der Waals surface area (Å²) >= 11 is 0. The molecule has 0 spiro atoms. The van der Waals surface area contributed by atoms with Crippen molar-refractivity contribution in [1.82, 2.24) is 0 Å². The van der Waals surface area contributed by atoms with Crippen molar-refractivity contribution in [3.63, 3.8) is 0 Å². The van der Waals surface area contributed by atoms with Gasteiger partial charge in [0.2, 0.25) is 11.6 Å². The van der Waals surface area contributed by atoms with Gasteiger partial charge in [0.15, 0.2) is 11.5 Å². The Morgan fingerprint density at radius 2 is 1.50 bits per heavy atom. The van der Waals surface area contributed by atoms with Gasteiger partial charge in [-0.05, 0) is 107 Å². The van der Waals surface area contributed by atoms with Crippen LogP contribution >= 0.6 is 0 Å². The van der Waals surface area contributed by atoms with Crippen LogP contribution in [0.1, 0.15) is 78.1 Å². The van der Waals surface area contributed by atoms with E-state index in [1.54, 1.807) is 6.92 Å². The van der Waals surface area contributed by atoms with Crippen molar-refractivity contribution in [1.29, 1.82) is 0 Å². The summed E-state index contributed by atoms with van der Waals surface area (Å²) in [5, 5.41) is 0. The largest absolute Gasteiger partial charge is 0.491 e. The van der Waals surface area contributed by atoms with E-state index in [1.165, 1.54) is 12.1 Å². The standard InChI is InChI=1S/C26H35F3O3/c1-3-5-21(27)16-17-6-8-18(9-7-17)19-10-12-20(13-11-19)26(30)32-23-15-14-22(31-4-2)24(28)25(23)29/h14-20H,3-13H2,1-2H3/b21-16-. The molecule has 0 bridgehead atoms.